The Morgan fingerprint density at radius 1 is 0.844 bits per heavy atom. The van der Waals surface area contributed by atoms with Gasteiger partial charge in [0.1, 0.15) is 0 Å². The second-order valence-corrected chi connectivity index (χ2v) is 9.98. The Morgan fingerprint density at radius 3 is 2.12 bits per heavy atom. The molecule has 0 spiro atoms. The Balaban J connectivity index is 1.44. The molecule has 3 aromatic rings. The van der Waals surface area contributed by atoms with Gasteiger partial charge in [-0.2, -0.15) is 0 Å². The summed E-state index contributed by atoms with van der Waals surface area (Å²) in [7, 11) is -3.27. The molecule has 168 valence electrons. The van der Waals surface area contributed by atoms with E-state index in [-0.39, 0.29) is 0 Å². The average molecular weight is 451 g/mol. The SMILES string of the molecule is CS(=O)(=O)Nc1ccc(NCC2CN(Cc3ccccc3)CCN2c2ccccc2)cc1. The quantitative estimate of drug-likeness (QED) is 0.546. The fraction of sp³-hybridized carbons (Fsp3) is 0.280. The van der Waals surface area contributed by atoms with Crippen molar-refractivity contribution in [3.63, 3.8) is 0 Å². The lowest BCUT2D eigenvalue weighted by Crippen LogP contribution is -2.55. The lowest BCUT2D eigenvalue weighted by molar-refractivity contribution is 0.218. The number of rotatable bonds is 8. The van der Waals surface area contributed by atoms with Crippen molar-refractivity contribution in [2.45, 2.75) is 12.6 Å². The molecule has 1 aliphatic rings. The summed E-state index contributed by atoms with van der Waals surface area (Å²) in [4.78, 5) is 4.99. The van der Waals surface area contributed by atoms with Gasteiger partial charge in [0.2, 0.25) is 10.0 Å². The normalized spacial score (nSPS) is 17.2. The molecule has 1 heterocycles. The number of para-hydroxylation sites is 1. The van der Waals surface area contributed by atoms with Crippen molar-refractivity contribution >= 4 is 27.1 Å². The van der Waals surface area contributed by atoms with Crippen LogP contribution in [0.25, 0.3) is 0 Å². The highest BCUT2D eigenvalue weighted by molar-refractivity contribution is 7.92. The van der Waals surface area contributed by atoms with E-state index in [2.05, 4.69) is 80.5 Å². The van der Waals surface area contributed by atoms with Gasteiger partial charge in [0.25, 0.3) is 0 Å². The standard InChI is InChI=1S/C25H30N4O2S/c1-32(30,31)27-23-14-12-22(13-15-23)26-18-25-20-28(19-21-8-4-2-5-9-21)16-17-29(25)24-10-6-3-7-11-24/h2-15,25-27H,16-20H2,1H3. The van der Waals surface area contributed by atoms with E-state index in [9.17, 15) is 8.42 Å². The summed E-state index contributed by atoms with van der Waals surface area (Å²) in [6.45, 7) is 4.70. The Bertz CT molecular complexity index is 1090. The second-order valence-electron chi connectivity index (χ2n) is 8.24. The van der Waals surface area contributed by atoms with E-state index in [0.29, 0.717) is 11.7 Å². The highest BCUT2D eigenvalue weighted by Gasteiger charge is 2.27. The number of piperazine rings is 1. The van der Waals surface area contributed by atoms with E-state index in [0.717, 1.165) is 44.7 Å². The van der Waals surface area contributed by atoms with Gasteiger partial charge in [-0.3, -0.25) is 9.62 Å². The molecule has 0 aliphatic carbocycles. The summed E-state index contributed by atoms with van der Waals surface area (Å²) >= 11 is 0. The van der Waals surface area contributed by atoms with Crippen LogP contribution in [0.5, 0.6) is 0 Å². The lowest BCUT2D eigenvalue weighted by Gasteiger charge is -2.43. The molecule has 2 N–H and O–H groups in total. The van der Waals surface area contributed by atoms with Crippen LogP contribution in [0, 0.1) is 0 Å². The van der Waals surface area contributed by atoms with E-state index < -0.39 is 10.0 Å². The summed E-state index contributed by atoms with van der Waals surface area (Å²) in [6.07, 6.45) is 1.15. The van der Waals surface area contributed by atoms with E-state index >= 15 is 0 Å². The van der Waals surface area contributed by atoms with Crippen LogP contribution in [-0.4, -0.2) is 51.8 Å². The van der Waals surface area contributed by atoms with Gasteiger partial charge in [-0.25, -0.2) is 8.42 Å². The summed E-state index contributed by atoms with van der Waals surface area (Å²) in [5, 5.41) is 3.54. The van der Waals surface area contributed by atoms with Crippen molar-refractivity contribution in [3.8, 4) is 0 Å². The molecule has 1 unspecified atom stereocenters. The second kappa shape index (κ2) is 10.1. The van der Waals surface area contributed by atoms with Crippen molar-refractivity contribution in [3.05, 3.63) is 90.5 Å². The largest absolute Gasteiger partial charge is 0.383 e. The molecule has 0 aromatic heterocycles. The van der Waals surface area contributed by atoms with Gasteiger partial charge < -0.3 is 10.2 Å². The molecular weight excluding hydrogens is 420 g/mol. The van der Waals surface area contributed by atoms with E-state index in [4.69, 9.17) is 0 Å². The molecule has 0 radical (unpaired) electrons. The summed E-state index contributed by atoms with van der Waals surface area (Å²) < 4.78 is 25.3. The van der Waals surface area contributed by atoms with Gasteiger partial charge in [-0.15, -0.1) is 0 Å². The number of nitrogens with one attached hydrogen (secondary N) is 2. The Morgan fingerprint density at radius 2 is 1.47 bits per heavy atom. The van der Waals surface area contributed by atoms with Gasteiger partial charge in [-0.1, -0.05) is 48.5 Å². The minimum atomic E-state index is -3.27. The molecule has 1 fully saturated rings. The van der Waals surface area contributed by atoms with Crippen LogP contribution >= 0.6 is 0 Å². The van der Waals surface area contributed by atoms with Gasteiger partial charge in [0, 0.05) is 49.8 Å². The van der Waals surface area contributed by atoms with Crippen LogP contribution < -0.4 is 14.9 Å². The zero-order chi connectivity index (χ0) is 22.4. The molecular formula is C25H30N4O2S. The van der Waals surface area contributed by atoms with E-state index in [1.165, 1.54) is 11.3 Å². The first-order valence-electron chi connectivity index (χ1n) is 10.9. The Kier molecular flexibility index (Phi) is 6.97. The van der Waals surface area contributed by atoms with Gasteiger partial charge in [0.15, 0.2) is 0 Å². The number of anilines is 3. The third-order valence-corrected chi connectivity index (χ3v) is 6.24. The van der Waals surface area contributed by atoms with Crippen LogP contribution in [0.4, 0.5) is 17.1 Å². The topological polar surface area (TPSA) is 64.7 Å². The predicted octanol–water partition coefficient (Wildman–Crippen LogP) is 3.86. The van der Waals surface area contributed by atoms with Crippen molar-refractivity contribution in [1.82, 2.24) is 4.90 Å². The molecule has 6 nitrogen and oxygen atoms in total. The predicted molar refractivity (Wildman–Crippen MR) is 133 cm³/mol. The maximum absolute atomic E-state index is 11.4. The fourth-order valence-corrected chi connectivity index (χ4v) is 4.71. The smallest absolute Gasteiger partial charge is 0.229 e. The summed E-state index contributed by atoms with van der Waals surface area (Å²) in [5.41, 5.74) is 4.11. The minimum Gasteiger partial charge on any atom is -0.383 e. The Hall–Kier alpha value is -3.03. The van der Waals surface area contributed by atoms with Crippen LogP contribution in [0.15, 0.2) is 84.9 Å². The van der Waals surface area contributed by atoms with E-state index in [1.54, 1.807) is 12.1 Å². The number of benzene rings is 3. The molecule has 32 heavy (non-hydrogen) atoms. The summed E-state index contributed by atoms with van der Waals surface area (Å²) in [6, 6.07) is 28.9. The highest BCUT2D eigenvalue weighted by Crippen LogP contribution is 2.22. The van der Waals surface area contributed by atoms with Crippen LogP contribution in [-0.2, 0) is 16.6 Å². The van der Waals surface area contributed by atoms with Crippen molar-refractivity contribution in [1.29, 1.82) is 0 Å². The molecule has 1 aliphatic heterocycles. The summed E-state index contributed by atoms with van der Waals surface area (Å²) in [5.74, 6) is 0. The molecule has 0 saturated carbocycles. The maximum atomic E-state index is 11.4. The van der Waals surface area contributed by atoms with Crippen LogP contribution in [0.1, 0.15) is 5.56 Å². The average Bonchev–Trinajstić information content (AvgIpc) is 2.79. The molecule has 0 amide bonds. The number of hydrogen-bond donors (Lipinski definition) is 2. The third kappa shape index (κ3) is 6.24. The number of hydrogen-bond acceptors (Lipinski definition) is 5. The van der Waals surface area contributed by atoms with Crippen molar-refractivity contribution < 1.29 is 8.42 Å². The number of nitrogens with zero attached hydrogens (tertiary/aromatic N) is 2. The lowest BCUT2D eigenvalue weighted by atomic mass is 10.1. The van der Waals surface area contributed by atoms with Gasteiger partial charge in [0.05, 0.1) is 12.3 Å². The molecule has 4 rings (SSSR count). The first-order chi connectivity index (χ1) is 15.5. The zero-order valence-corrected chi connectivity index (χ0v) is 19.1. The fourth-order valence-electron chi connectivity index (χ4n) is 4.14. The van der Waals surface area contributed by atoms with Gasteiger partial charge in [-0.05, 0) is 42.0 Å². The Labute approximate surface area is 190 Å². The van der Waals surface area contributed by atoms with Crippen molar-refractivity contribution in [2.75, 3.05) is 47.4 Å². The van der Waals surface area contributed by atoms with Crippen LogP contribution in [0.2, 0.25) is 0 Å². The molecule has 1 atom stereocenters. The minimum absolute atomic E-state index is 0.309. The number of sulfonamides is 1. The molecule has 0 bridgehead atoms. The van der Waals surface area contributed by atoms with Crippen molar-refractivity contribution in [2.24, 2.45) is 0 Å². The first-order valence-corrected chi connectivity index (χ1v) is 12.8. The molecule has 3 aromatic carbocycles. The highest BCUT2D eigenvalue weighted by atomic mass is 32.2. The van der Waals surface area contributed by atoms with E-state index in [1.807, 2.05) is 12.1 Å². The first kappa shape index (κ1) is 22.2. The zero-order valence-electron chi connectivity index (χ0n) is 18.3. The van der Waals surface area contributed by atoms with Gasteiger partial charge >= 0.3 is 0 Å². The monoisotopic (exact) mass is 450 g/mol. The molecule has 1 saturated heterocycles. The van der Waals surface area contributed by atoms with Crippen LogP contribution in [0.3, 0.4) is 0 Å². The molecule has 7 heteroatoms. The third-order valence-electron chi connectivity index (χ3n) is 5.63. The maximum Gasteiger partial charge on any atom is 0.229 e.